The largest absolute Gasteiger partial charge is 0.503 e. The van der Waals surface area contributed by atoms with Crippen LogP contribution in [0.3, 0.4) is 0 Å². The first kappa shape index (κ1) is 24.9. The Morgan fingerprint density at radius 1 is 1.11 bits per heavy atom. The fourth-order valence-electron chi connectivity index (χ4n) is 4.92. The predicted octanol–water partition coefficient (Wildman–Crippen LogP) is 3.75. The van der Waals surface area contributed by atoms with Gasteiger partial charge in [-0.1, -0.05) is 24.3 Å². The number of furan rings is 1. The summed E-state index contributed by atoms with van der Waals surface area (Å²) in [5, 5.41) is 11.7. The van der Waals surface area contributed by atoms with Gasteiger partial charge in [-0.2, -0.15) is 0 Å². The Bertz CT molecular complexity index is 1340. The van der Waals surface area contributed by atoms with Crippen LogP contribution >= 0.6 is 0 Å². The number of hydrogen-bond acceptors (Lipinski definition) is 8. The Morgan fingerprint density at radius 3 is 2.65 bits per heavy atom. The first-order valence-electron chi connectivity index (χ1n) is 12.4. The third-order valence-electron chi connectivity index (χ3n) is 6.75. The SMILES string of the molecule is CCOc1cccc(C2C(C(=O)c3cc4cccc(OC)c4o3)=C(O)C(=O)N2CCN2CCOCC2)c1. The van der Waals surface area contributed by atoms with Crippen LogP contribution < -0.4 is 9.47 Å². The van der Waals surface area contributed by atoms with E-state index < -0.39 is 23.5 Å². The number of nitrogens with zero attached hydrogens (tertiary/aromatic N) is 2. The minimum Gasteiger partial charge on any atom is -0.503 e. The van der Waals surface area contributed by atoms with Gasteiger partial charge in [0.15, 0.2) is 22.9 Å². The Balaban J connectivity index is 1.53. The van der Waals surface area contributed by atoms with Crippen molar-refractivity contribution in [3.8, 4) is 11.5 Å². The van der Waals surface area contributed by atoms with Gasteiger partial charge in [-0.25, -0.2) is 0 Å². The lowest BCUT2D eigenvalue weighted by Crippen LogP contribution is -2.43. The van der Waals surface area contributed by atoms with E-state index in [1.165, 1.54) is 7.11 Å². The van der Waals surface area contributed by atoms with E-state index in [9.17, 15) is 14.7 Å². The van der Waals surface area contributed by atoms with Gasteiger partial charge in [-0.05, 0) is 36.8 Å². The summed E-state index contributed by atoms with van der Waals surface area (Å²) in [7, 11) is 1.52. The second-order valence-electron chi connectivity index (χ2n) is 8.94. The third kappa shape index (κ3) is 4.80. The van der Waals surface area contributed by atoms with E-state index in [2.05, 4.69) is 4.90 Å². The maximum atomic E-state index is 13.8. The molecule has 2 aromatic carbocycles. The Labute approximate surface area is 214 Å². The molecule has 1 unspecified atom stereocenters. The minimum atomic E-state index is -0.795. The molecule has 1 amide bonds. The molecule has 9 nitrogen and oxygen atoms in total. The summed E-state index contributed by atoms with van der Waals surface area (Å²) in [6, 6.07) is 13.4. The average Bonchev–Trinajstić information content (AvgIpc) is 3.47. The molecular weight excluding hydrogens is 476 g/mol. The molecule has 2 aliphatic rings. The van der Waals surface area contributed by atoms with Crippen LogP contribution in [0.15, 0.2) is 64.3 Å². The molecule has 0 bridgehead atoms. The summed E-state index contributed by atoms with van der Waals surface area (Å²) in [5.41, 5.74) is 1.08. The molecule has 37 heavy (non-hydrogen) atoms. The number of carbonyl (C=O) groups excluding carboxylic acids is 2. The molecular formula is C28H30N2O7. The molecule has 5 rings (SSSR count). The molecule has 0 aliphatic carbocycles. The number of rotatable bonds is 9. The maximum Gasteiger partial charge on any atom is 0.290 e. The summed E-state index contributed by atoms with van der Waals surface area (Å²) < 4.78 is 22.4. The standard InChI is InChI=1S/C28H30N2O7/c1-3-36-20-8-4-6-18(16-20)24-23(25(31)22-17-19-7-5-9-21(34-2)27(19)37-22)26(32)28(33)30(24)11-10-29-12-14-35-15-13-29/h4-9,16-17,24,32H,3,10-15H2,1-2H3. The van der Waals surface area contributed by atoms with Crippen molar-refractivity contribution in [2.24, 2.45) is 0 Å². The zero-order chi connectivity index (χ0) is 25.9. The van der Waals surface area contributed by atoms with Crippen LogP contribution in [0.2, 0.25) is 0 Å². The molecule has 2 aliphatic heterocycles. The van der Waals surface area contributed by atoms with Gasteiger partial charge in [0.25, 0.3) is 5.91 Å². The van der Waals surface area contributed by atoms with Crippen molar-refractivity contribution in [1.29, 1.82) is 0 Å². The number of fused-ring (bicyclic) bond motifs is 1. The van der Waals surface area contributed by atoms with E-state index in [0.717, 1.165) is 13.1 Å². The van der Waals surface area contributed by atoms with Gasteiger partial charge in [0.05, 0.1) is 38.5 Å². The fourth-order valence-corrected chi connectivity index (χ4v) is 4.92. The lowest BCUT2D eigenvalue weighted by Gasteiger charge is -2.31. The molecule has 3 aromatic rings. The Hall–Kier alpha value is -3.82. The summed E-state index contributed by atoms with van der Waals surface area (Å²) in [5.74, 6) is -0.569. The second-order valence-corrected chi connectivity index (χ2v) is 8.94. The van der Waals surface area contributed by atoms with Gasteiger partial charge in [-0.3, -0.25) is 14.5 Å². The highest BCUT2D eigenvalue weighted by Gasteiger charge is 2.44. The summed E-state index contributed by atoms with van der Waals surface area (Å²) in [4.78, 5) is 30.9. The highest BCUT2D eigenvalue weighted by Crippen LogP contribution is 2.41. The normalized spacial score (nSPS) is 18.6. The van der Waals surface area contributed by atoms with Crippen molar-refractivity contribution in [2.45, 2.75) is 13.0 Å². The number of methoxy groups -OCH3 is 1. The zero-order valence-corrected chi connectivity index (χ0v) is 20.9. The summed E-state index contributed by atoms with van der Waals surface area (Å²) in [6.07, 6.45) is 0. The first-order valence-corrected chi connectivity index (χ1v) is 12.4. The van der Waals surface area contributed by atoms with E-state index in [1.807, 2.05) is 31.2 Å². The number of Topliss-reactive ketones (excluding diaryl/α,β-unsaturated/α-hetero) is 1. The van der Waals surface area contributed by atoms with Crippen LogP contribution in [0.5, 0.6) is 11.5 Å². The van der Waals surface area contributed by atoms with Crippen molar-refractivity contribution in [2.75, 3.05) is 53.1 Å². The maximum absolute atomic E-state index is 13.8. The van der Waals surface area contributed by atoms with Crippen molar-refractivity contribution < 1.29 is 33.3 Å². The number of aliphatic hydroxyl groups excluding tert-OH is 1. The van der Waals surface area contributed by atoms with Gasteiger partial charge < -0.3 is 28.6 Å². The van der Waals surface area contributed by atoms with Gasteiger partial charge in [-0.15, -0.1) is 0 Å². The lowest BCUT2D eigenvalue weighted by molar-refractivity contribution is -0.129. The van der Waals surface area contributed by atoms with E-state index >= 15 is 0 Å². The van der Waals surface area contributed by atoms with E-state index in [4.69, 9.17) is 18.6 Å². The van der Waals surface area contributed by atoms with Crippen LogP contribution in [0.25, 0.3) is 11.0 Å². The number of benzene rings is 2. The molecule has 1 N–H and O–H groups in total. The van der Waals surface area contributed by atoms with E-state index in [0.29, 0.717) is 60.9 Å². The average molecular weight is 507 g/mol. The second kappa shape index (κ2) is 10.7. The molecule has 1 saturated heterocycles. The van der Waals surface area contributed by atoms with Crippen LogP contribution in [-0.2, 0) is 9.53 Å². The van der Waals surface area contributed by atoms with Crippen LogP contribution in [0.4, 0.5) is 0 Å². The smallest absolute Gasteiger partial charge is 0.290 e. The Kier molecular flexibility index (Phi) is 7.16. The monoisotopic (exact) mass is 506 g/mol. The minimum absolute atomic E-state index is 0.0151. The number of morpholine rings is 1. The molecule has 194 valence electrons. The van der Waals surface area contributed by atoms with Gasteiger partial charge in [0.1, 0.15) is 5.75 Å². The molecule has 1 atom stereocenters. The van der Waals surface area contributed by atoms with E-state index in [-0.39, 0.29) is 11.3 Å². The molecule has 1 fully saturated rings. The van der Waals surface area contributed by atoms with Crippen molar-refractivity contribution in [1.82, 2.24) is 9.80 Å². The fraction of sp³-hybridized carbons (Fsp3) is 0.357. The number of ketones is 1. The molecule has 1 aromatic heterocycles. The molecule has 0 radical (unpaired) electrons. The topological polar surface area (TPSA) is 102 Å². The van der Waals surface area contributed by atoms with Crippen molar-refractivity contribution in [3.63, 3.8) is 0 Å². The molecule has 0 spiro atoms. The van der Waals surface area contributed by atoms with E-state index in [1.54, 1.807) is 29.2 Å². The highest BCUT2D eigenvalue weighted by atomic mass is 16.5. The molecule has 9 heteroatoms. The molecule has 3 heterocycles. The highest BCUT2D eigenvalue weighted by molar-refractivity contribution is 6.16. The van der Waals surface area contributed by atoms with Crippen molar-refractivity contribution >= 4 is 22.7 Å². The third-order valence-corrected chi connectivity index (χ3v) is 6.75. The van der Waals surface area contributed by atoms with Crippen LogP contribution in [-0.4, -0.2) is 79.7 Å². The number of para-hydroxylation sites is 1. The lowest BCUT2D eigenvalue weighted by atomic mass is 9.95. The quantitative estimate of drug-likeness (QED) is 0.438. The number of hydrogen-bond donors (Lipinski definition) is 1. The number of ether oxygens (including phenoxy) is 3. The van der Waals surface area contributed by atoms with Gasteiger partial charge in [0.2, 0.25) is 5.78 Å². The zero-order valence-electron chi connectivity index (χ0n) is 20.9. The first-order chi connectivity index (χ1) is 18.0. The van der Waals surface area contributed by atoms with Crippen molar-refractivity contribution in [3.05, 3.63) is 71.2 Å². The summed E-state index contributed by atoms with van der Waals surface area (Å²) >= 11 is 0. The van der Waals surface area contributed by atoms with Gasteiger partial charge in [0, 0.05) is 31.6 Å². The summed E-state index contributed by atoms with van der Waals surface area (Å²) in [6.45, 7) is 6.08. The Morgan fingerprint density at radius 2 is 1.89 bits per heavy atom. The molecule has 0 saturated carbocycles. The number of amides is 1. The predicted molar refractivity (Wildman–Crippen MR) is 136 cm³/mol. The van der Waals surface area contributed by atoms with Crippen LogP contribution in [0.1, 0.15) is 29.1 Å². The van der Waals surface area contributed by atoms with Gasteiger partial charge >= 0.3 is 0 Å². The number of carbonyl (C=O) groups is 2. The number of aliphatic hydroxyl groups is 1. The van der Waals surface area contributed by atoms with Crippen LogP contribution in [0, 0.1) is 0 Å².